The molecule has 40 heavy (non-hydrogen) atoms. The molecule has 0 unspecified atom stereocenters. The van der Waals surface area contributed by atoms with E-state index in [1.54, 1.807) is 0 Å². The van der Waals surface area contributed by atoms with Crippen molar-refractivity contribution in [1.29, 1.82) is 0 Å². The first kappa shape index (κ1) is 21.6. The largest absolute Gasteiger partial charge is 0.456 e. The Morgan fingerprint density at radius 3 is 1.50 bits per heavy atom. The van der Waals surface area contributed by atoms with Crippen molar-refractivity contribution in [2.75, 3.05) is 0 Å². The minimum atomic E-state index is 0.909. The second-order valence-electron chi connectivity index (χ2n) is 10.4. The van der Waals surface area contributed by atoms with Crippen LogP contribution in [-0.2, 0) is 0 Å². The molecule has 7 aromatic carbocycles. The average molecular weight is 511 g/mol. The van der Waals surface area contributed by atoms with Crippen LogP contribution in [0.2, 0.25) is 0 Å². The second kappa shape index (κ2) is 8.08. The van der Waals surface area contributed by atoms with Gasteiger partial charge in [0.25, 0.3) is 0 Å². The van der Waals surface area contributed by atoms with Gasteiger partial charge >= 0.3 is 0 Å². The van der Waals surface area contributed by atoms with E-state index in [1.807, 2.05) is 24.3 Å². The minimum Gasteiger partial charge on any atom is -0.456 e. The molecule has 0 N–H and O–H groups in total. The smallest absolute Gasteiger partial charge is 0.143 e. The molecule has 2 aromatic heterocycles. The fourth-order valence-electron chi connectivity index (χ4n) is 6.56. The number of fused-ring (bicyclic) bond motifs is 8. The average Bonchev–Trinajstić information content (AvgIpc) is 3.58. The van der Waals surface area contributed by atoms with Crippen LogP contribution in [-0.4, -0.2) is 0 Å². The number of hydrogen-bond acceptors (Lipinski definition) is 2. The van der Waals surface area contributed by atoms with E-state index in [0.717, 1.165) is 49.4 Å². The third-order valence-electron chi connectivity index (χ3n) is 8.27. The summed E-state index contributed by atoms with van der Waals surface area (Å²) in [5.74, 6) is 0. The first-order valence-corrected chi connectivity index (χ1v) is 13.6. The Hall–Kier alpha value is -5.34. The maximum Gasteiger partial charge on any atom is 0.143 e. The highest BCUT2D eigenvalue weighted by atomic mass is 16.3. The maximum atomic E-state index is 6.52. The van der Waals surface area contributed by atoms with E-state index < -0.39 is 0 Å². The van der Waals surface area contributed by atoms with E-state index in [4.69, 9.17) is 8.83 Å². The van der Waals surface area contributed by atoms with Gasteiger partial charge in [-0.1, -0.05) is 109 Å². The minimum absolute atomic E-state index is 0.909. The lowest BCUT2D eigenvalue weighted by molar-refractivity contribution is 0.669. The van der Waals surface area contributed by atoms with Gasteiger partial charge < -0.3 is 8.83 Å². The summed E-state index contributed by atoms with van der Waals surface area (Å²) >= 11 is 0. The number of para-hydroxylation sites is 3. The predicted molar refractivity (Wildman–Crippen MR) is 167 cm³/mol. The maximum absolute atomic E-state index is 6.52. The third kappa shape index (κ3) is 2.93. The molecule has 2 heteroatoms. The van der Waals surface area contributed by atoms with Crippen LogP contribution in [0.4, 0.5) is 0 Å². The highest BCUT2D eigenvalue weighted by molar-refractivity contribution is 6.24. The Morgan fingerprint density at radius 2 is 0.825 bits per heavy atom. The summed E-state index contributed by atoms with van der Waals surface area (Å²) in [6.45, 7) is 0. The van der Waals surface area contributed by atoms with Crippen molar-refractivity contribution in [2.45, 2.75) is 0 Å². The van der Waals surface area contributed by atoms with Crippen molar-refractivity contribution in [3.8, 4) is 22.3 Å². The summed E-state index contributed by atoms with van der Waals surface area (Å²) in [5, 5.41) is 9.42. The van der Waals surface area contributed by atoms with Gasteiger partial charge in [0.05, 0.1) is 0 Å². The number of benzene rings is 7. The Labute approximate surface area is 229 Å². The Balaban J connectivity index is 1.42. The number of hydrogen-bond donors (Lipinski definition) is 0. The molecule has 0 saturated heterocycles. The van der Waals surface area contributed by atoms with Gasteiger partial charge in [-0.05, 0) is 56.9 Å². The van der Waals surface area contributed by atoms with Gasteiger partial charge in [0, 0.05) is 32.7 Å². The molecule has 0 radical (unpaired) electrons. The van der Waals surface area contributed by atoms with Crippen LogP contribution >= 0.6 is 0 Å². The SMILES string of the molecule is c1ccc2c(c1)oc1ccc(-c3c4ccccc4c(-c4cccc5c4oc4ccccc45)c4ccccc34)cc12. The van der Waals surface area contributed by atoms with Gasteiger partial charge in [0.2, 0.25) is 0 Å². The van der Waals surface area contributed by atoms with Gasteiger partial charge in [0.1, 0.15) is 22.3 Å². The number of rotatable bonds is 2. The molecule has 0 fully saturated rings. The molecule has 186 valence electrons. The molecule has 9 aromatic rings. The van der Waals surface area contributed by atoms with E-state index in [2.05, 4.69) is 109 Å². The van der Waals surface area contributed by atoms with E-state index >= 15 is 0 Å². The quantitative estimate of drug-likeness (QED) is 0.216. The van der Waals surface area contributed by atoms with Crippen LogP contribution in [0.1, 0.15) is 0 Å². The van der Waals surface area contributed by atoms with E-state index in [-0.39, 0.29) is 0 Å². The fourth-order valence-corrected chi connectivity index (χ4v) is 6.56. The molecule has 2 nitrogen and oxygen atoms in total. The van der Waals surface area contributed by atoms with Crippen molar-refractivity contribution in [2.24, 2.45) is 0 Å². The van der Waals surface area contributed by atoms with E-state index in [1.165, 1.54) is 38.2 Å². The monoisotopic (exact) mass is 510 g/mol. The first-order chi connectivity index (χ1) is 19.8. The molecule has 0 aliphatic carbocycles. The van der Waals surface area contributed by atoms with Crippen molar-refractivity contribution < 1.29 is 8.83 Å². The zero-order valence-electron chi connectivity index (χ0n) is 21.5. The highest BCUT2D eigenvalue weighted by Gasteiger charge is 2.20. The lowest BCUT2D eigenvalue weighted by atomic mass is 9.85. The molecule has 0 aliphatic heterocycles. The third-order valence-corrected chi connectivity index (χ3v) is 8.27. The molecule has 9 rings (SSSR count). The van der Waals surface area contributed by atoms with Gasteiger partial charge in [-0.2, -0.15) is 0 Å². The summed E-state index contributed by atoms with van der Waals surface area (Å²) in [7, 11) is 0. The lowest BCUT2D eigenvalue weighted by Crippen LogP contribution is -1.91. The molecule has 2 heterocycles. The van der Waals surface area contributed by atoms with Gasteiger partial charge in [-0.15, -0.1) is 0 Å². The Kier molecular flexibility index (Phi) is 4.36. The Bertz CT molecular complexity index is 2380. The van der Waals surface area contributed by atoms with E-state index in [9.17, 15) is 0 Å². The molecule has 0 aliphatic rings. The van der Waals surface area contributed by atoms with E-state index in [0.29, 0.717) is 0 Å². The molecule has 0 atom stereocenters. The van der Waals surface area contributed by atoms with Crippen molar-refractivity contribution in [3.05, 3.63) is 133 Å². The van der Waals surface area contributed by atoms with Crippen LogP contribution in [0.25, 0.3) is 87.7 Å². The Morgan fingerprint density at radius 1 is 0.325 bits per heavy atom. The van der Waals surface area contributed by atoms with Crippen LogP contribution in [0.3, 0.4) is 0 Å². The fraction of sp³-hybridized carbons (Fsp3) is 0. The molecular formula is C38H22O2. The summed E-state index contributed by atoms with van der Waals surface area (Å²) in [5.41, 5.74) is 8.40. The topological polar surface area (TPSA) is 26.3 Å². The van der Waals surface area contributed by atoms with Crippen LogP contribution in [0.5, 0.6) is 0 Å². The summed E-state index contributed by atoms with van der Waals surface area (Å²) < 4.78 is 12.7. The zero-order valence-corrected chi connectivity index (χ0v) is 21.5. The number of furan rings is 2. The van der Waals surface area contributed by atoms with Crippen molar-refractivity contribution in [3.63, 3.8) is 0 Å². The van der Waals surface area contributed by atoms with Crippen LogP contribution in [0, 0.1) is 0 Å². The van der Waals surface area contributed by atoms with Crippen molar-refractivity contribution in [1.82, 2.24) is 0 Å². The van der Waals surface area contributed by atoms with Crippen LogP contribution < -0.4 is 0 Å². The molecule has 0 amide bonds. The van der Waals surface area contributed by atoms with Gasteiger partial charge in [-0.3, -0.25) is 0 Å². The standard InChI is InChI=1S/C38H22O2/c1-3-14-28-26(12-1)36(23-20-21-35-32(22-23)25-11-6-7-18-33(25)39-35)27-13-2-4-15-29(27)37(28)31-17-9-16-30-24-10-5-8-19-34(24)40-38(30)31/h1-22H. The summed E-state index contributed by atoms with van der Waals surface area (Å²) in [4.78, 5) is 0. The summed E-state index contributed by atoms with van der Waals surface area (Å²) in [6, 6.07) is 47.2. The van der Waals surface area contributed by atoms with Crippen molar-refractivity contribution >= 4 is 65.4 Å². The molecule has 0 saturated carbocycles. The molecule has 0 bridgehead atoms. The highest BCUT2D eigenvalue weighted by Crippen LogP contribution is 2.47. The van der Waals surface area contributed by atoms with Crippen LogP contribution in [0.15, 0.2) is 142 Å². The molecule has 0 spiro atoms. The zero-order chi connectivity index (χ0) is 26.2. The lowest BCUT2D eigenvalue weighted by Gasteiger charge is -2.18. The van der Waals surface area contributed by atoms with Gasteiger partial charge in [0.15, 0.2) is 0 Å². The molecular weight excluding hydrogens is 488 g/mol. The normalized spacial score (nSPS) is 12.0. The van der Waals surface area contributed by atoms with Gasteiger partial charge in [-0.25, -0.2) is 0 Å². The summed E-state index contributed by atoms with van der Waals surface area (Å²) in [6.07, 6.45) is 0. The second-order valence-corrected chi connectivity index (χ2v) is 10.4. The first-order valence-electron chi connectivity index (χ1n) is 13.6. The predicted octanol–water partition coefficient (Wildman–Crippen LogP) is 11.1.